The monoisotopic (exact) mass is 254 g/mol. The number of rotatable bonds is 8. The van der Waals surface area contributed by atoms with E-state index in [4.69, 9.17) is 5.73 Å². The summed E-state index contributed by atoms with van der Waals surface area (Å²) in [5, 5.41) is 0. The van der Waals surface area contributed by atoms with Crippen LogP contribution in [0.1, 0.15) is 65.7 Å². The Kier molecular flexibility index (Phi) is 7.92. The predicted molar refractivity (Wildman–Crippen MR) is 80.7 cm³/mol. The second-order valence-corrected chi connectivity index (χ2v) is 6.23. The van der Waals surface area contributed by atoms with E-state index in [0.717, 1.165) is 24.4 Å². The minimum atomic E-state index is 0.754. The minimum absolute atomic E-state index is 0.754. The molecule has 0 aromatic rings. The van der Waals surface area contributed by atoms with Crippen LogP contribution >= 0.6 is 0 Å². The Morgan fingerprint density at radius 1 is 1.11 bits per heavy atom. The fraction of sp³-hybridized carbons (Fsp3) is 1.00. The molecule has 0 saturated heterocycles. The Morgan fingerprint density at radius 2 is 1.72 bits per heavy atom. The maximum atomic E-state index is 5.78. The van der Waals surface area contributed by atoms with Crippen LogP contribution in [0.3, 0.4) is 0 Å². The van der Waals surface area contributed by atoms with Gasteiger partial charge in [-0.1, -0.05) is 20.3 Å². The van der Waals surface area contributed by atoms with Gasteiger partial charge in [0.1, 0.15) is 0 Å². The first-order chi connectivity index (χ1) is 8.71. The molecule has 18 heavy (non-hydrogen) atoms. The third kappa shape index (κ3) is 5.27. The Labute approximate surface area is 114 Å². The van der Waals surface area contributed by atoms with E-state index in [1.54, 1.807) is 0 Å². The van der Waals surface area contributed by atoms with Crippen LogP contribution in [0.4, 0.5) is 0 Å². The highest BCUT2D eigenvalue weighted by Gasteiger charge is 2.23. The normalized spacial score (nSPS) is 26.5. The molecule has 1 unspecified atom stereocenters. The van der Waals surface area contributed by atoms with Crippen LogP contribution in [0.2, 0.25) is 0 Å². The largest absolute Gasteiger partial charge is 0.330 e. The van der Waals surface area contributed by atoms with Crippen molar-refractivity contribution in [2.75, 3.05) is 19.6 Å². The highest BCUT2D eigenvalue weighted by Crippen LogP contribution is 2.29. The molecule has 0 aromatic carbocycles. The molecule has 2 heteroatoms. The van der Waals surface area contributed by atoms with Gasteiger partial charge in [-0.05, 0) is 70.4 Å². The third-order valence-corrected chi connectivity index (χ3v) is 4.81. The summed E-state index contributed by atoms with van der Waals surface area (Å²) in [6.45, 7) is 10.5. The Hall–Kier alpha value is -0.0800. The fourth-order valence-corrected chi connectivity index (χ4v) is 3.09. The van der Waals surface area contributed by atoms with E-state index in [1.807, 2.05) is 0 Å². The molecule has 0 radical (unpaired) electrons. The van der Waals surface area contributed by atoms with Crippen molar-refractivity contribution in [1.29, 1.82) is 0 Å². The standard InChI is InChI=1S/C16H34N2/c1-4-6-11-18(14(3)5-2)13-16-9-7-15(12-17)8-10-16/h14-16H,4-13,17H2,1-3H3. The molecule has 1 atom stereocenters. The molecule has 1 saturated carbocycles. The summed E-state index contributed by atoms with van der Waals surface area (Å²) in [5.41, 5.74) is 5.78. The molecular weight excluding hydrogens is 220 g/mol. The zero-order chi connectivity index (χ0) is 13.4. The van der Waals surface area contributed by atoms with E-state index in [2.05, 4.69) is 25.7 Å². The lowest BCUT2D eigenvalue weighted by molar-refractivity contribution is 0.141. The van der Waals surface area contributed by atoms with Gasteiger partial charge in [0.25, 0.3) is 0 Å². The van der Waals surface area contributed by atoms with Crippen LogP contribution in [0.15, 0.2) is 0 Å². The lowest BCUT2D eigenvalue weighted by atomic mass is 9.81. The first kappa shape index (κ1) is 16.0. The van der Waals surface area contributed by atoms with Gasteiger partial charge in [-0.25, -0.2) is 0 Å². The van der Waals surface area contributed by atoms with Crippen molar-refractivity contribution in [3.8, 4) is 0 Å². The van der Waals surface area contributed by atoms with Crippen molar-refractivity contribution >= 4 is 0 Å². The first-order valence-electron chi connectivity index (χ1n) is 8.15. The molecule has 108 valence electrons. The van der Waals surface area contributed by atoms with E-state index in [-0.39, 0.29) is 0 Å². The van der Waals surface area contributed by atoms with Gasteiger partial charge in [-0.3, -0.25) is 0 Å². The van der Waals surface area contributed by atoms with E-state index >= 15 is 0 Å². The van der Waals surface area contributed by atoms with Crippen LogP contribution < -0.4 is 5.73 Å². The van der Waals surface area contributed by atoms with Crippen molar-refractivity contribution in [3.05, 3.63) is 0 Å². The highest BCUT2D eigenvalue weighted by atomic mass is 15.1. The molecule has 0 aromatic heterocycles. The first-order valence-corrected chi connectivity index (χ1v) is 8.15. The summed E-state index contributed by atoms with van der Waals surface area (Å²) in [6, 6.07) is 0.754. The topological polar surface area (TPSA) is 29.3 Å². The quantitative estimate of drug-likeness (QED) is 0.716. The Morgan fingerprint density at radius 3 is 2.22 bits per heavy atom. The van der Waals surface area contributed by atoms with E-state index in [0.29, 0.717) is 0 Å². The average molecular weight is 254 g/mol. The summed E-state index contributed by atoms with van der Waals surface area (Å²) < 4.78 is 0. The highest BCUT2D eigenvalue weighted by molar-refractivity contribution is 4.77. The summed E-state index contributed by atoms with van der Waals surface area (Å²) in [6.07, 6.45) is 9.48. The average Bonchev–Trinajstić information content (AvgIpc) is 2.43. The van der Waals surface area contributed by atoms with E-state index < -0.39 is 0 Å². The second kappa shape index (κ2) is 8.92. The Balaban J connectivity index is 2.36. The van der Waals surface area contributed by atoms with Crippen molar-refractivity contribution < 1.29 is 0 Å². The summed E-state index contributed by atoms with van der Waals surface area (Å²) >= 11 is 0. The maximum Gasteiger partial charge on any atom is 0.00644 e. The number of hydrogen-bond acceptors (Lipinski definition) is 2. The molecule has 0 bridgehead atoms. The molecule has 1 aliphatic carbocycles. The number of nitrogens with two attached hydrogens (primary N) is 1. The fourth-order valence-electron chi connectivity index (χ4n) is 3.09. The smallest absolute Gasteiger partial charge is 0.00644 e. The van der Waals surface area contributed by atoms with Gasteiger partial charge in [0.15, 0.2) is 0 Å². The van der Waals surface area contributed by atoms with Crippen LogP contribution in [-0.2, 0) is 0 Å². The molecule has 2 N–H and O–H groups in total. The summed E-state index contributed by atoms with van der Waals surface area (Å²) in [5.74, 6) is 1.74. The van der Waals surface area contributed by atoms with Gasteiger partial charge in [0.2, 0.25) is 0 Å². The predicted octanol–water partition coefficient (Wildman–Crippen LogP) is 3.65. The lowest BCUT2D eigenvalue weighted by Crippen LogP contribution is -2.38. The lowest BCUT2D eigenvalue weighted by Gasteiger charge is -2.35. The van der Waals surface area contributed by atoms with Crippen molar-refractivity contribution in [2.24, 2.45) is 17.6 Å². The molecule has 0 aliphatic heterocycles. The van der Waals surface area contributed by atoms with E-state index in [1.165, 1.54) is 58.0 Å². The molecule has 1 aliphatic rings. The third-order valence-electron chi connectivity index (χ3n) is 4.81. The summed E-state index contributed by atoms with van der Waals surface area (Å²) in [4.78, 5) is 2.73. The van der Waals surface area contributed by atoms with E-state index in [9.17, 15) is 0 Å². The molecular formula is C16H34N2. The maximum absolute atomic E-state index is 5.78. The van der Waals surface area contributed by atoms with Crippen LogP contribution in [0.25, 0.3) is 0 Å². The van der Waals surface area contributed by atoms with Gasteiger partial charge in [0, 0.05) is 12.6 Å². The van der Waals surface area contributed by atoms with Crippen LogP contribution in [0.5, 0.6) is 0 Å². The SMILES string of the molecule is CCCCN(CC1CCC(CN)CC1)C(C)CC. The van der Waals surface area contributed by atoms with Crippen molar-refractivity contribution in [1.82, 2.24) is 4.90 Å². The molecule has 1 rings (SSSR count). The molecule has 0 amide bonds. The number of hydrogen-bond donors (Lipinski definition) is 1. The minimum Gasteiger partial charge on any atom is -0.330 e. The van der Waals surface area contributed by atoms with Gasteiger partial charge in [-0.15, -0.1) is 0 Å². The van der Waals surface area contributed by atoms with Crippen molar-refractivity contribution in [2.45, 2.75) is 71.8 Å². The zero-order valence-electron chi connectivity index (χ0n) is 12.8. The molecule has 2 nitrogen and oxygen atoms in total. The van der Waals surface area contributed by atoms with Gasteiger partial charge < -0.3 is 10.6 Å². The second-order valence-electron chi connectivity index (χ2n) is 6.23. The van der Waals surface area contributed by atoms with Crippen LogP contribution in [0, 0.1) is 11.8 Å². The molecule has 1 fully saturated rings. The van der Waals surface area contributed by atoms with Gasteiger partial charge >= 0.3 is 0 Å². The molecule has 0 heterocycles. The summed E-state index contributed by atoms with van der Waals surface area (Å²) in [7, 11) is 0. The van der Waals surface area contributed by atoms with Gasteiger partial charge in [-0.2, -0.15) is 0 Å². The zero-order valence-corrected chi connectivity index (χ0v) is 12.8. The van der Waals surface area contributed by atoms with Crippen molar-refractivity contribution in [3.63, 3.8) is 0 Å². The Bertz CT molecular complexity index is 197. The van der Waals surface area contributed by atoms with Gasteiger partial charge in [0.05, 0.1) is 0 Å². The van der Waals surface area contributed by atoms with Crippen LogP contribution in [-0.4, -0.2) is 30.6 Å². The number of unbranched alkanes of at least 4 members (excludes halogenated alkanes) is 1. The molecule has 0 spiro atoms. The number of nitrogens with zero attached hydrogens (tertiary/aromatic N) is 1.